The lowest BCUT2D eigenvalue weighted by molar-refractivity contribution is -0.131. The fraction of sp³-hybridized carbons (Fsp3) is 0.469. The molecule has 0 bridgehead atoms. The van der Waals surface area contributed by atoms with Crippen LogP contribution in [0.15, 0.2) is 42.9 Å². The fourth-order valence-electron chi connectivity index (χ4n) is 6.66. The second kappa shape index (κ2) is 11.6. The van der Waals surface area contributed by atoms with Gasteiger partial charge in [-0.25, -0.2) is 4.39 Å². The first-order chi connectivity index (χ1) is 20.3. The number of carbonyl (C=O) groups is 1. The Bertz CT molecular complexity index is 1570. The van der Waals surface area contributed by atoms with E-state index in [4.69, 9.17) is 19.7 Å². The first-order valence-corrected chi connectivity index (χ1v) is 14.7. The maximum atomic E-state index is 13.8. The van der Waals surface area contributed by atoms with Crippen LogP contribution in [0.5, 0.6) is 6.01 Å². The molecule has 0 saturated carbocycles. The van der Waals surface area contributed by atoms with E-state index in [0.29, 0.717) is 48.5 Å². The Hall–Kier alpha value is -4.10. The van der Waals surface area contributed by atoms with Gasteiger partial charge in [0, 0.05) is 37.4 Å². The van der Waals surface area contributed by atoms with Crippen molar-refractivity contribution in [2.24, 2.45) is 5.92 Å². The molecule has 2 saturated heterocycles. The molecule has 0 radical (unpaired) electrons. The number of pyridine rings is 1. The summed E-state index contributed by atoms with van der Waals surface area (Å²) in [5, 5.41) is 9.46. The lowest BCUT2D eigenvalue weighted by Gasteiger charge is -2.41. The molecular weight excluding hydrogens is 533 g/mol. The molecule has 42 heavy (non-hydrogen) atoms. The normalized spacial score (nSPS) is 22.3. The SMILES string of the molecule is C=C(F)C(=O)N1CCN(c2nc(OC[C@@H]3CCCN3C)nc3cc(-c4cccc5c4CC(C)C5)cnc23)C[C@@H]1CC#N. The third kappa shape index (κ3) is 5.41. The number of hydrogen-bond acceptors (Lipinski definition) is 8. The molecule has 3 aliphatic rings. The zero-order valence-corrected chi connectivity index (χ0v) is 24.2. The van der Waals surface area contributed by atoms with Crippen LogP contribution in [-0.2, 0) is 17.6 Å². The number of fused-ring (bicyclic) bond motifs is 2. The Kier molecular flexibility index (Phi) is 7.78. The summed E-state index contributed by atoms with van der Waals surface area (Å²) in [6.07, 6.45) is 6.25. The van der Waals surface area contributed by atoms with E-state index in [1.54, 1.807) is 0 Å². The lowest BCUT2D eigenvalue weighted by Crippen LogP contribution is -2.55. The number of likely N-dealkylation sites (N-methyl/N-ethyl adjacent to an activating group) is 1. The highest BCUT2D eigenvalue weighted by molar-refractivity contribution is 5.92. The Morgan fingerprint density at radius 2 is 2.07 bits per heavy atom. The number of rotatable bonds is 7. The van der Waals surface area contributed by atoms with E-state index in [-0.39, 0.29) is 19.0 Å². The van der Waals surface area contributed by atoms with Crippen LogP contribution >= 0.6 is 0 Å². The molecule has 1 aromatic carbocycles. The molecule has 1 unspecified atom stereocenters. The van der Waals surface area contributed by atoms with Crippen molar-refractivity contribution >= 4 is 22.8 Å². The van der Waals surface area contributed by atoms with Crippen LogP contribution in [-0.4, -0.2) is 82.6 Å². The fourth-order valence-corrected chi connectivity index (χ4v) is 6.66. The van der Waals surface area contributed by atoms with E-state index < -0.39 is 17.8 Å². The highest BCUT2D eigenvalue weighted by Gasteiger charge is 2.34. The van der Waals surface area contributed by atoms with E-state index in [2.05, 4.69) is 55.8 Å². The minimum absolute atomic E-state index is 0.0605. The molecule has 9 nitrogen and oxygen atoms in total. The summed E-state index contributed by atoms with van der Waals surface area (Å²) >= 11 is 0. The lowest BCUT2D eigenvalue weighted by atomic mass is 9.97. The molecule has 10 heteroatoms. The molecule has 4 heterocycles. The van der Waals surface area contributed by atoms with Gasteiger partial charge >= 0.3 is 6.01 Å². The molecule has 2 aromatic heterocycles. The van der Waals surface area contributed by atoms with Gasteiger partial charge in [0.2, 0.25) is 0 Å². The largest absolute Gasteiger partial charge is 0.462 e. The van der Waals surface area contributed by atoms with Crippen molar-refractivity contribution in [3.63, 3.8) is 0 Å². The van der Waals surface area contributed by atoms with E-state index in [1.165, 1.54) is 21.6 Å². The number of halogens is 1. The third-order valence-electron chi connectivity index (χ3n) is 8.88. The van der Waals surface area contributed by atoms with Crippen molar-refractivity contribution < 1.29 is 13.9 Å². The van der Waals surface area contributed by atoms with E-state index >= 15 is 0 Å². The van der Waals surface area contributed by atoms with E-state index in [0.717, 1.165) is 37.8 Å². The van der Waals surface area contributed by atoms with Crippen LogP contribution in [0.2, 0.25) is 0 Å². The van der Waals surface area contributed by atoms with Crippen molar-refractivity contribution in [2.45, 2.75) is 51.1 Å². The number of amides is 1. The summed E-state index contributed by atoms with van der Waals surface area (Å²) in [7, 11) is 2.10. The van der Waals surface area contributed by atoms with Gasteiger partial charge in [0.25, 0.3) is 5.91 Å². The van der Waals surface area contributed by atoms with Gasteiger partial charge in [-0.2, -0.15) is 15.2 Å². The summed E-state index contributed by atoms with van der Waals surface area (Å²) in [6.45, 7) is 7.90. The van der Waals surface area contributed by atoms with Crippen LogP contribution in [0.1, 0.15) is 37.3 Å². The van der Waals surface area contributed by atoms with Gasteiger partial charge in [-0.3, -0.25) is 9.78 Å². The third-order valence-corrected chi connectivity index (χ3v) is 8.88. The molecule has 218 valence electrons. The number of carbonyl (C=O) groups excluding carboxylic acids is 1. The van der Waals surface area contributed by atoms with Crippen molar-refractivity contribution in [2.75, 3.05) is 44.7 Å². The summed E-state index contributed by atoms with van der Waals surface area (Å²) in [6, 6.07) is 10.7. The number of hydrogen-bond donors (Lipinski definition) is 0. The molecule has 6 rings (SSSR count). The predicted molar refractivity (Wildman–Crippen MR) is 159 cm³/mol. The number of piperazine rings is 1. The monoisotopic (exact) mass is 569 g/mol. The molecule has 3 aromatic rings. The Morgan fingerprint density at radius 1 is 1.21 bits per heavy atom. The first-order valence-electron chi connectivity index (χ1n) is 14.7. The van der Waals surface area contributed by atoms with Gasteiger partial charge in [-0.15, -0.1) is 0 Å². The van der Waals surface area contributed by atoms with Gasteiger partial charge < -0.3 is 19.4 Å². The summed E-state index contributed by atoms with van der Waals surface area (Å²) < 4.78 is 20.0. The minimum Gasteiger partial charge on any atom is -0.462 e. The minimum atomic E-state index is -1.03. The van der Waals surface area contributed by atoms with Crippen LogP contribution in [0.3, 0.4) is 0 Å². The van der Waals surface area contributed by atoms with E-state index in [1.807, 2.05) is 11.1 Å². The Balaban J connectivity index is 1.38. The molecule has 2 aliphatic heterocycles. The molecule has 2 fully saturated rings. The first kappa shape index (κ1) is 28.0. The average Bonchev–Trinajstić information content (AvgIpc) is 3.58. The number of likely N-dealkylation sites (tertiary alicyclic amines) is 1. The Morgan fingerprint density at radius 3 is 2.83 bits per heavy atom. The van der Waals surface area contributed by atoms with Gasteiger partial charge in [0.1, 0.15) is 12.1 Å². The van der Waals surface area contributed by atoms with Gasteiger partial charge in [-0.05, 0) is 68.0 Å². The van der Waals surface area contributed by atoms with Crippen LogP contribution in [0.25, 0.3) is 22.2 Å². The van der Waals surface area contributed by atoms with E-state index in [9.17, 15) is 14.4 Å². The topological polar surface area (TPSA) is 98.5 Å². The number of anilines is 1. The average molecular weight is 570 g/mol. The Labute approximate surface area is 245 Å². The summed E-state index contributed by atoms with van der Waals surface area (Å²) in [5.41, 5.74) is 6.22. The molecule has 3 atom stereocenters. The highest BCUT2D eigenvalue weighted by Crippen LogP contribution is 2.36. The molecule has 1 aliphatic carbocycles. The van der Waals surface area contributed by atoms with Gasteiger partial charge in [0.15, 0.2) is 11.6 Å². The standard InChI is InChI=1S/C32H36FN7O2/c1-20-14-22-6-4-8-26(27(22)15-20)23-16-28-29(35-17-23)30(37-32(36-28)42-19-25-7-5-11-38(25)3)39-12-13-40(31(41)21(2)33)24(18-39)9-10-34/h4,6,8,16-17,20,24-25H,2,5,7,9,11-15,18-19H2,1,3H3/t20?,24-,25-/m0/s1. The molecule has 0 N–H and O–H groups in total. The molecule has 0 spiro atoms. The van der Waals surface area contributed by atoms with Crippen LogP contribution in [0, 0.1) is 17.2 Å². The summed E-state index contributed by atoms with van der Waals surface area (Å²) in [4.78, 5) is 32.6. The maximum absolute atomic E-state index is 13.8. The quantitative estimate of drug-likeness (QED) is 0.388. The number of ether oxygens (including phenoxy) is 1. The number of nitriles is 1. The predicted octanol–water partition coefficient (Wildman–Crippen LogP) is 4.31. The zero-order valence-electron chi connectivity index (χ0n) is 24.2. The number of nitrogens with zero attached hydrogens (tertiary/aromatic N) is 7. The van der Waals surface area contributed by atoms with Crippen molar-refractivity contribution in [3.05, 3.63) is 54.0 Å². The summed E-state index contributed by atoms with van der Waals surface area (Å²) in [5.74, 6) is -0.608. The second-order valence-corrected chi connectivity index (χ2v) is 11.8. The van der Waals surface area contributed by atoms with Crippen molar-refractivity contribution in [1.82, 2.24) is 24.8 Å². The smallest absolute Gasteiger partial charge is 0.319 e. The van der Waals surface area contributed by atoms with Crippen LogP contribution < -0.4 is 9.64 Å². The van der Waals surface area contributed by atoms with Gasteiger partial charge in [0.05, 0.1) is 24.0 Å². The zero-order chi connectivity index (χ0) is 29.4. The molecule has 1 amide bonds. The molecular formula is C32H36FN7O2. The van der Waals surface area contributed by atoms with Crippen LogP contribution in [0.4, 0.5) is 10.2 Å². The number of benzene rings is 1. The number of aromatic nitrogens is 3. The van der Waals surface area contributed by atoms with Crippen molar-refractivity contribution in [1.29, 1.82) is 5.26 Å². The highest BCUT2D eigenvalue weighted by atomic mass is 19.1. The van der Waals surface area contributed by atoms with Crippen molar-refractivity contribution in [3.8, 4) is 23.2 Å². The maximum Gasteiger partial charge on any atom is 0.319 e. The van der Waals surface area contributed by atoms with Gasteiger partial charge in [-0.1, -0.05) is 31.7 Å². The second-order valence-electron chi connectivity index (χ2n) is 11.8.